The Morgan fingerprint density at radius 2 is 1.66 bits per heavy atom. The fourth-order valence-electron chi connectivity index (χ4n) is 2.67. The van der Waals surface area contributed by atoms with Gasteiger partial charge in [-0.2, -0.15) is 17.9 Å². The molecule has 2 aromatic rings. The number of rotatable bonds is 9. The number of alkyl halides is 3. The molecule has 0 bridgehead atoms. The molecule has 32 heavy (non-hydrogen) atoms. The van der Waals surface area contributed by atoms with Gasteiger partial charge in [0, 0.05) is 6.54 Å². The highest BCUT2D eigenvalue weighted by atomic mass is 32.2. The maximum absolute atomic E-state index is 12.9. The Bertz CT molecular complexity index is 1030. The van der Waals surface area contributed by atoms with Crippen molar-refractivity contribution in [2.24, 2.45) is 0 Å². The highest BCUT2D eigenvalue weighted by molar-refractivity contribution is 7.89. The van der Waals surface area contributed by atoms with Gasteiger partial charge in [0.25, 0.3) is 5.91 Å². The summed E-state index contributed by atoms with van der Waals surface area (Å²) >= 11 is 0. The van der Waals surface area contributed by atoms with Crippen LogP contribution in [0.2, 0.25) is 0 Å². The molecule has 1 unspecified atom stereocenters. The molecule has 11 heteroatoms. The molecular formula is C21H23F3N2O5S. The van der Waals surface area contributed by atoms with E-state index in [1.165, 1.54) is 19.1 Å². The van der Waals surface area contributed by atoms with Crippen molar-refractivity contribution >= 4 is 21.9 Å². The van der Waals surface area contributed by atoms with E-state index in [0.717, 1.165) is 5.56 Å². The van der Waals surface area contributed by atoms with Gasteiger partial charge in [0.15, 0.2) is 6.61 Å². The number of nitrogens with zero attached hydrogens (tertiary/aromatic N) is 1. The number of aryl methyl sites for hydroxylation is 1. The van der Waals surface area contributed by atoms with Crippen LogP contribution in [0.3, 0.4) is 0 Å². The zero-order valence-corrected chi connectivity index (χ0v) is 18.2. The fraction of sp³-hybridized carbons (Fsp3) is 0.333. The van der Waals surface area contributed by atoms with Gasteiger partial charge in [-0.3, -0.25) is 9.59 Å². The van der Waals surface area contributed by atoms with E-state index in [9.17, 15) is 31.2 Å². The van der Waals surface area contributed by atoms with Gasteiger partial charge < -0.3 is 9.64 Å². The van der Waals surface area contributed by atoms with E-state index in [4.69, 9.17) is 4.74 Å². The third-order valence-electron chi connectivity index (χ3n) is 4.29. The summed E-state index contributed by atoms with van der Waals surface area (Å²) in [4.78, 5) is 24.9. The Kier molecular flexibility index (Phi) is 8.39. The van der Waals surface area contributed by atoms with Gasteiger partial charge in [-0.15, -0.1) is 0 Å². The Balaban J connectivity index is 1.98. The zero-order valence-electron chi connectivity index (χ0n) is 17.4. The number of benzene rings is 2. The van der Waals surface area contributed by atoms with Crippen molar-refractivity contribution in [2.45, 2.75) is 37.5 Å². The molecule has 1 N–H and O–H groups in total. The van der Waals surface area contributed by atoms with Gasteiger partial charge in [0.2, 0.25) is 10.0 Å². The topological polar surface area (TPSA) is 92.8 Å². The fourth-order valence-corrected chi connectivity index (χ4v) is 3.86. The van der Waals surface area contributed by atoms with Crippen LogP contribution in [-0.2, 0) is 30.9 Å². The number of hydrogen-bond donors (Lipinski definition) is 1. The van der Waals surface area contributed by atoms with E-state index in [1.807, 2.05) is 0 Å². The van der Waals surface area contributed by atoms with Crippen LogP contribution in [0.25, 0.3) is 0 Å². The number of amides is 1. The molecule has 0 saturated carbocycles. The van der Waals surface area contributed by atoms with Gasteiger partial charge in [0.1, 0.15) is 12.6 Å². The molecule has 0 spiro atoms. The van der Waals surface area contributed by atoms with Gasteiger partial charge in [-0.1, -0.05) is 48.0 Å². The van der Waals surface area contributed by atoms with Crippen molar-refractivity contribution in [3.05, 3.63) is 65.7 Å². The smallest absolute Gasteiger partial charge is 0.406 e. The van der Waals surface area contributed by atoms with Gasteiger partial charge in [-0.05, 0) is 31.5 Å². The molecule has 2 aromatic carbocycles. The first-order chi connectivity index (χ1) is 14.9. The van der Waals surface area contributed by atoms with Crippen molar-refractivity contribution in [1.82, 2.24) is 9.62 Å². The largest absolute Gasteiger partial charge is 0.454 e. The number of sulfonamides is 1. The van der Waals surface area contributed by atoms with Crippen molar-refractivity contribution in [2.75, 3.05) is 13.2 Å². The minimum Gasteiger partial charge on any atom is -0.454 e. The van der Waals surface area contributed by atoms with Crippen LogP contribution in [-0.4, -0.2) is 50.6 Å². The second-order valence-corrected chi connectivity index (χ2v) is 8.83. The second-order valence-electron chi connectivity index (χ2n) is 7.11. The molecule has 0 saturated heterocycles. The van der Waals surface area contributed by atoms with Crippen LogP contribution in [0.5, 0.6) is 0 Å². The highest BCUT2D eigenvalue weighted by Crippen LogP contribution is 2.18. The average Bonchev–Trinajstić information content (AvgIpc) is 2.71. The lowest BCUT2D eigenvalue weighted by Gasteiger charge is -2.24. The number of halogens is 3. The second kappa shape index (κ2) is 10.6. The molecule has 0 aromatic heterocycles. The first kappa shape index (κ1) is 25.3. The van der Waals surface area contributed by atoms with Gasteiger partial charge in [-0.25, -0.2) is 8.42 Å². The zero-order chi connectivity index (χ0) is 23.9. The number of carbonyl (C=O) groups is 2. The van der Waals surface area contributed by atoms with Crippen molar-refractivity contribution in [1.29, 1.82) is 0 Å². The van der Waals surface area contributed by atoms with E-state index in [-0.39, 0.29) is 11.4 Å². The lowest BCUT2D eigenvalue weighted by molar-refractivity contribution is -0.168. The predicted molar refractivity (Wildman–Crippen MR) is 110 cm³/mol. The van der Waals surface area contributed by atoms with Crippen molar-refractivity contribution < 1.29 is 35.9 Å². The molecular weight excluding hydrogens is 449 g/mol. The molecule has 1 atom stereocenters. The van der Waals surface area contributed by atoms with E-state index in [0.29, 0.717) is 10.5 Å². The van der Waals surface area contributed by atoms with Crippen LogP contribution in [0.4, 0.5) is 13.2 Å². The van der Waals surface area contributed by atoms with Crippen LogP contribution in [0, 0.1) is 6.92 Å². The monoisotopic (exact) mass is 472 g/mol. The molecule has 2 rings (SSSR count). The molecule has 7 nitrogen and oxygen atoms in total. The maximum Gasteiger partial charge on any atom is 0.406 e. The minimum absolute atomic E-state index is 0.0713. The number of hydrogen-bond acceptors (Lipinski definition) is 5. The summed E-state index contributed by atoms with van der Waals surface area (Å²) in [6.07, 6.45) is -4.65. The Labute approximate surface area is 184 Å². The quantitative estimate of drug-likeness (QED) is 0.567. The van der Waals surface area contributed by atoms with Gasteiger partial charge in [0.05, 0.1) is 4.90 Å². The molecule has 0 aliphatic heterocycles. The summed E-state index contributed by atoms with van der Waals surface area (Å²) in [5.74, 6) is -2.16. The van der Waals surface area contributed by atoms with Crippen LogP contribution >= 0.6 is 0 Å². The summed E-state index contributed by atoms with van der Waals surface area (Å²) in [6.45, 7) is 0.176. The third kappa shape index (κ3) is 7.97. The summed E-state index contributed by atoms with van der Waals surface area (Å²) in [5.41, 5.74) is 1.31. The number of esters is 1. The first-order valence-electron chi connectivity index (χ1n) is 9.51. The first-order valence-corrected chi connectivity index (χ1v) is 11.0. The maximum atomic E-state index is 12.9. The van der Waals surface area contributed by atoms with Crippen LogP contribution in [0.15, 0.2) is 59.5 Å². The van der Waals surface area contributed by atoms with Crippen LogP contribution in [0.1, 0.15) is 18.1 Å². The minimum atomic E-state index is -4.65. The van der Waals surface area contributed by atoms with E-state index >= 15 is 0 Å². The Morgan fingerprint density at radius 1 is 1.06 bits per heavy atom. The Morgan fingerprint density at radius 3 is 2.22 bits per heavy atom. The number of nitrogens with one attached hydrogen (secondary N) is 1. The lowest BCUT2D eigenvalue weighted by atomic mass is 10.2. The van der Waals surface area contributed by atoms with E-state index < -0.39 is 47.3 Å². The predicted octanol–water partition coefficient (Wildman–Crippen LogP) is 2.80. The van der Waals surface area contributed by atoms with Crippen molar-refractivity contribution in [3.63, 3.8) is 0 Å². The van der Waals surface area contributed by atoms with E-state index in [2.05, 4.69) is 4.72 Å². The average molecular weight is 472 g/mol. The standard InChI is InChI=1S/C21H23F3N2O5S/c1-15-8-10-18(11-9-15)32(29,30)25-16(2)20(28)31-13-19(27)26(14-21(22,23)24)12-17-6-4-3-5-7-17/h3-11,16,25H,12-14H2,1-2H3. The molecule has 0 radical (unpaired) electrons. The highest BCUT2D eigenvalue weighted by Gasteiger charge is 2.33. The SMILES string of the molecule is Cc1ccc(S(=O)(=O)NC(C)C(=O)OCC(=O)N(Cc2ccccc2)CC(F)(F)F)cc1. The summed E-state index contributed by atoms with van der Waals surface area (Å²) in [5, 5.41) is 0. The van der Waals surface area contributed by atoms with Crippen LogP contribution < -0.4 is 4.72 Å². The Hall–Kier alpha value is -2.92. The summed E-state index contributed by atoms with van der Waals surface area (Å²) in [6, 6.07) is 12.6. The molecule has 0 aliphatic rings. The molecule has 0 heterocycles. The lowest BCUT2D eigenvalue weighted by Crippen LogP contribution is -2.43. The third-order valence-corrected chi connectivity index (χ3v) is 5.85. The molecule has 1 amide bonds. The number of ether oxygens (including phenoxy) is 1. The summed E-state index contributed by atoms with van der Waals surface area (Å²) < 4.78 is 70.3. The normalized spacial score (nSPS) is 12.8. The molecule has 174 valence electrons. The molecule has 0 fully saturated rings. The van der Waals surface area contributed by atoms with Gasteiger partial charge >= 0.3 is 12.1 Å². The van der Waals surface area contributed by atoms with E-state index in [1.54, 1.807) is 49.4 Å². The summed E-state index contributed by atoms with van der Waals surface area (Å²) in [7, 11) is -4.04. The van der Waals surface area contributed by atoms with Crippen molar-refractivity contribution in [3.8, 4) is 0 Å². The number of carbonyl (C=O) groups excluding carboxylic acids is 2. The molecule has 0 aliphatic carbocycles.